The highest BCUT2D eigenvalue weighted by atomic mass is 32.2. The Morgan fingerprint density at radius 1 is 1.36 bits per heavy atom. The van der Waals surface area contributed by atoms with Crippen molar-refractivity contribution in [3.63, 3.8) is 0 Å². The number of nitrogens with zero attached hydrogens (tertiary/aromatic N) is 1. The van der Waals surface area contributed by atoms with Crippen LogP contribution in [0.3, 0.4) is 0 Å². The van der Waals surface area contributed by atoms with E-state index in [0.717, 1.165) is 5.56 Å². The molecule has 1 unspecified atom stereocenters. The fraction of sp³-hybridized carbons (Fsp3) is 0.500. The first-order chi connectivity index (χ1) is 11.9. The van der Waals surface area contributed by atoms with Crippen LogP contribution in [0.5, 0.6) is 5.75 Å². The molecular formula is C16H23N3O5S. The van der Waals surface area contributed by atoms with Gasteiger partial charge in [0, 0.05) is 19.6 Å². The number of hydrogen-bond acceptors (Lipinski definition) is 6. The van der Waals surface area contributed by atoms with Gasteiger partial charge in [0.2, 0.25) is 0 Å². The number of nitrogens with one attached hydrogen (secondary N) is 2. The number of carbonyl (C=O) groups excluding carboxylic acids is 1. The van der Waals surface area contributed by atoms with Crippen LogP contribution in [0.2, 0.25) is 0 Å². The number of carbonyl (C=O) groups is 1. The van der Waals surface area contributed by atoms with Crippen molar-refractivity contribution in [3.05, 3.63) is 29.3 Å². The minimum absolute atomic E-state index is 0.114. The van der Waals surface area contributed by atoms with Crippen LogP contribution in [0.4, 0.5) is 0 Å². The smallest absolute Gasteiger partial charge is 0.341 e. The monoisotopic (exact) mass is 369 g/mol. The molecule has 9 heteroatoms. The Kier molecular flexibility index (Phi) is 6.24. The molecule has 1 aliphatic rings. The summed E-state index contributed by atoms with van der Waals surface area (Å²) in [6.07, 6.45) is 0.568. The molecule has 1 aromatic rings. The Bertz CT molecular complexity index is 761. The molecule has 0 radical (unpaired) electrons. The molecule has 0 spiro atoms. The van der Waals surface area contributed by atoms with Crippen LogP contribution in [0.15, 0.2) is 23.2 Å². The first-order valence-corrected chi connectivity index (χ1v) is 9.63. The van der Waals surface area contributed by atoms with Gasteiger partial charge in [-0.25, -0.2) is 13.2 Å². The normalized spacial score (nSPS) is 19.3. The van der Waals surface area contributed by atoms with Crippen molar-refractivity contribution in [1.29, 1.82) is 0 Å². The van der Waals surface area contributed by atoms with Crippen molar-refractivity contribution < 1.29 is 22.7 Å². The van der Waals surface area contributed by atoms with Crippen molar-refractivity contribution >= 4 is 21.8 Å². The molecule has 138 valence electrons. The number of esters is 1. The second kappa shape index (κ2) is 8.19. The number of methoxy groups -OCH3 is 2. The summed E-state index contributed by atoms with van der Waals surface area (Å²) in [6, 6.07) is 5.07. The number of rotatable bonds is 5. The summed E-state index contributed by atoms with van der Waals surface area (Å²) < 4.78 is 33.0. The van der Waals surface area contributed by atoms with Crippen LogP contribution >= 0.6 is 0 Å². The quantitative estimate of drug-likeness (QED) is 0.438. The molecule has 2 N–H and O–H groups in total. The van der Waals surface area contributed by atoms with Gasteiger partial charge in [0.25, 0.3) is 0 Å². The van der Waals surface area contributed by atoms with E-state index in [1.54, 1.807) is 19.2 Å². The number of guanidine groups is 1. The largest absolute Gasteiger partial charge is 0.496 e. The molecular weight excluding hydrogens is 346 g/mol. The van der Waals surface area contributed by atoms with E-state index in [4.69, 9.17) is 9.47 Å². The van der Waals surface area contributed by atoms with Gasteiger partial charge in [0.15, 0.2) is 15.8 Å². The van der Waals surface area contributed by atoms with E-state index in [2.05, 4.69) is 15.6 Å². The van der Waals surface area contributed by atoms with Crippen LogP contribution in [-0.2, 0) is 21.1 Å². The maximum absolute atomic E-state index is 11.8. The maximum Gasteiger partial charge on any atom is 0.341 e. The lowest BCUT2D eigenvalue weighted by Crippen LogP contribution is -2.43. The number of ether oxygens (including phenoxy) is 2. The predicted molar refractivity (Wildman–Crippen MR) is 94.7 cm³/mol. The van der Waals surface area contributed by atoms with Gasteiger partial charge in [-0.05, 0) is 24.1 Å². The highest BCUT2D eigenvalue weighted by molar-refractivity contribution is 7.91. The summed E-state index contributed by atoms with van der Waals surface area (Å²) in [7, 11) is 1.47. The van der Waals surface area contributed by atoms with Crippen molar-refractivity contribution in [1.82, 2.24) is 10.6 Å². The average Bonchev–Trinajstić information content (AvgIpc) is 2.96. The Morgan fingerprint density at radius 3 is 2.68 bits per heavy atom. The second-order valence-corrected chi connectivity index (χ2v) is 7.93. The van der Waals surface area contributed by atoms with Crippen LogP contribution in [0.1, 0.15) is 22.3 Å². The zero-order chi connectivity index (χ0) is 18.4. The van der Waals surface area contributed by atoms with Gasteiger partial charge in [0.05, 0.1) is 25.7 Å². The molecule has 1 heterocycles. The van der Waals surface area contributed by atoms with E-state index >= 15 is 0 Å². The lowest BCUT2D eigenvalue weighted by atomic mass is 10.1. The van der Waals surface area contributed by atoms with E-state index < -0.39 is 15.8 Å². The van der Waals surface area contributed by atoms with Gasteiger partial charge < -0.3 is 20.1 Å². The van der Waals surface area contributed by atoms with Crippen LogP contribution in [-0.4, -0.2) is 59.2 Å². The minimum Gasteiger partial charge on any atom is -0.496 e. The lowest BCUT2D eigenvalue weighted by Gasteiger charge is -2.16. The third-order valence-electron chi connectivity index (χ3n) is 3.93. The molecule has 1 atom stereocenters. The summed E-state index contributed by atoms with van der Waals surface area (Å²) >= 11 is 0. The fourth-order valence-electron chi connectivity index (χ4n) is 2.62. The Hall–Kier alpha value is -2.29. The van der Waals surface area contributed by atoms with Gasteiger partial charge in [0.1, 0.15) is 11.3 Å². The van der Waals surface area contributed by atoms with Crippen LogP contribution < -0.4 is 15.4 Å². The third kappa shape index (κ3) is 5.09. The predicted octanol–water partition coefficient (Wildman–Crippen LogP) is 0.334. The van der Waals surface area contributed by atoms with Crippen molar-refractivity contribution in [3.8, 4) is 5.75 Å². The van der Waals surface area contributed by atoms with Crippen molar-refractivity contribution in [2.45, 2.75) is 19.0 Å². The molecule has 1 saturated heterocycles. The van der Waals surface area contributed by atoms with Crippen LogP contribution in [0, 0.1) is 0 Å². The second-order valence-electron chi connectivity index (χ2n) is 5.70. The number of sulfone groups is 1. The maximum atomic E-state index is 11.8. The lowest BCUT2D eigenvalue weighted by molar-refractivity contribution is 0.0597. The van der Waals surface area contributed by atoms with Gasteiger partial charge in [-0.1, -0.05) is 6.07 Å². The van der Waals surface area contributed by atoms with E-state index in [1.165, 1.54) is 14.2 Å². The molecule has 8 nitrogen and oxygen atoms in total. The van der Waals surface area contributed by atoms with Gasteiger partial charge in [-0.2, -0.15) is 0 Å². The molecule has 0 aromatic heterocycles. The highest BCUT2D eigenvalue weighted by Crippen LogP contribution is 2.20. The molecule has 2 rings (SSSR count). The third-order valence-corrected chi connectivity index (χ3v) is 5.69. The van der Waals surface area contributed by atoms with Crippen molar-refractivity contribution in [2.75, 3.05) is 32.8 Å². The summed E-state index contributed by atoms with van der Waals surface area (Å²) in [5.41, 5.74) is 1.18. The van der Waals surface area contributed by atoms with E-state index in [1.807, 2.05) is 6.07 Å². The summed E-state index contributed by atoms with van der Waals surface area (Å²) in [6.45, 7) is 0.410. The Morgan fingerprint density at radius 2 is 2.12 bits per heavy atom. The topological polar surface area (TPSA) is 106 Å². The minimum atomic E-state index is -2.95. The SMILES string of the molecule is CN=C(NCc1ccc(OC)c(C(=O)OC)c1)NC1CCS(=O)(=O)C1. The van der Waals surface area contributed by atoms with Crippen LogP contribution in [0.25, 0.3) is 0 Å². The van der Waals surface area contributed by atoms with E-state index in [9.17, 15) is 13.2 Å². The molecule has 0 amide bonds. The zero-order valence-corrected chi connectivity index (χ0v) is 15.4. The number of aliphatic imine (C=N–C) groups is 1. The number of hydrogen-bond donors (Lipinski definition) is 2. The molecule has 0 bridgehead atoms. The highest BCUT2D eigenvalue weighted by Gasteiger charge is 2.28. The van der Waals surface area contributed by atoms with Gasteiger partial charge in [-0.15, -0.1) is 0 Å². The Labute approximate surface area is 147 Å². The summed E-state index contributed by atoms with van der Waals surface area (Å²) in [5, 5.41) is 6.22. The van der Waals surface area contributed by atoms with Gasteiger partial charge in [-0.3, -0.25) is 4.99 Å². The standard InChI is InChI=1S/C16H23N3O5S/c1-17-16(19-12-6-7-25(21,22)10-12)18-9-11-4-5-14(23-2)13(8-11)15(20)24-3/h4-5,8,12H,6-7,9-10H2,1-3H3,(H2,17,18,19). The summed E-state index contributed by atoms with van der Waals surface area (Å²) in [5.74, 6) is 0.787. The summed E-state index contributed by atoms with van der Waals surface area (Å²) in [4.78, 5) is 15.9. The molecule has 0 saturated carbocycles. The fourth-order valence-corrected chi connectivity index (χ4v) is 4.29. The Balaban J connectivity index is 2.00. The first-order valence-electron chi connectivity index (χ1n) is 7.81. The van der Waals surface area contributed by atoms with E-state index in [-0.39, 0.29) is 17.5 Å². The first kappa shape index (κ1) is 19.0. The van der Waals surface area contributed by atoms with E-state index in [0.29, 0.717) is 30.2 Å². The zero-order valence-electron chi connectivity index (χ0n) is 14.5. The molecule has 1 fully saturated rings. The molecule has 1 aromatic carbocycles. The van der Waals surface area contributed by atoms with Gasteiger partial charge >= 0.3 is 5.97 Å². The molecule has 0 aliphatic carbocycles. The number of benzene rings is 1. The average molecular weight is 369 g/mol. The molecule has 1 aliphatic heterocycles. The van der Waals surface area contributed by atoms with Crippen molar-refractivity contribution in [2.24, 2.45) is 4.99 Å². The molecule has 25 heavy (non-hydrogen) atoms.